The number of hydrogen-bond donors (Lipinski definition) is 0. The second kappa shape index (κ2) is 6.07. The molecule has 1 aliphatic heterocycles. The summed E-state index contributed by atoms with van der Waals surface area (Å²) < 4.78 is 97.9. The first-order valence-electron chi connectivity index (χ1n) is 8.02. The lowest BCUT2D eigenvalue weighted by Gasteiger charge is -2.38. The van der Waals surface area contributed by atoms with E-state index in [4.69, 9.17) is 9.47 Å². The van der Waals surface area contributed by atoms with Crippen molar-refractivity contribution in [2.45, 2.75) is 62.1 Å². The van der Waals surface area contributed by atoms with Gasteiger partial charge in [-0.3, -0.25) is 0 Å². The molecule has 3 fully saturated rings. The van der Waals surface area contributed by atoms with Gasteiger partial charge in [-0.15, -0.1) is 0 Å². The van der Waals surface area contributed by atoms with Crippen LogP contribution in [0.4, 0.5) is 17.6 Å². The van der Waals surface area contributed by atoms with Crippen LogP contribution in [-0.2, 0) is 19.6 Å². The van der Waals surface area contributed by atoms with E-state index in [1.807, 2.05) is 0 Å². The quantitative estimate of drug-likeness (QED) is 0.546. The van der Waals surface area contributed by atoms with E-state index in [1.54, 1.807) is 0 Å². The highest BCUT2D eigenvalue weighted by Crippen LogP contribution is 2.58. The van der Waals surface area contributed by atoms with Crippen molar-refractivity contribution >= 4 is 10.1 Å². The topological polar surface area (TPSA) is 75.7 Å². The van der Waals surface area contributed by atoms with Crippen LogP contribution in [0.2, 0.25) is 0 Å². The van der Waals surface area contributed by atoms with Gasteiger partial charge in [-0.05, 0) is 50.4 Å². The Labute approximate surface area is 137 Å². The van der Waals surface area contributed by atoms with Crippen LogP contribution in [0.25, 0.3) is 0 Å². The average molecular weight is 375 g/mol. The summed E-state index contributed by atoms with van der Waals surface area (Å²) in [6.45, 7) is 0.569. The van der Waals surface area contributed by atoms with Crippen LogP contribution < -0.4 is 0 Å². The molecule has 2 saturated carbocycles. The highest BCUT2D eigenvalue weighted by molar-refractivity contribution is 7.86. The van der Waals surface area contributed by atoms with Crippen LogP contribution in [0.15, 0.2) is 0 Å². The van der Waals surface area contributed by atoms with Gasteiger partial charge in [0.25, 0.3) is 0 Å². The first-order chi connectivity index (χ1) is 11.0. The van der Waals surface area contributed by atoms with Crippen LogP contribution >= 0.6 is 0 Å². The van der Waals surface area contributed by atoms with E-state index < -0.39 is 39.4 Å². The molecule has 1 saturated heterocycles. The molecule has 10 heteroatoms. The van der Waals surface area contributed by atoms with Gasteiger partial charge >= 0.3 is 11.2 Å². The molecule has 2 bridgehead atoms. The zero-order chi connectivity index (χ0) is 17.8. The predicted molar refractivity (Wildman–Crippen MR) is 72.4 cm³/mol. The van der Waals surface area contributed by atoms with Gasteiger partial charge in [0.1, 0.15) is 0 Å². The van der Waals surface area contributed by atoms with Gasteiger partial charge in [0.2, 0.25) is 0 Å². The van der Waals surface area contributed by atoms with Crippen LogP contribution in [0.5, 0.6) is 0 Å². The normalized spacial score (nSPS) is 37.8. The SMILES string of the molecule is O=S(=O)([O-])C(F)(F)C(F)(F)C1CC2CC1CC2OC1CCCCO1. The van der Waals surface area contributed by atoms with Crippen molar-refractivity contribution in [3.63, 3.8) is 0 Å². The minimum atomic E-state index is -6.44. The number of ether oxygens (including phenoxy) is 2. The number of halogens is 4. The third-order valence-electron chi connectivity index (χ3n) is 5.42. The lowest BCUT2D eigenvalue weighted by molar-refractivity contribution is -0.222. The summed E-state index contributed by atoms with van der Waals surface area (Å²) in [4.78, 5) is 0. The van der Waals surface area contributed by atoms with Gasteiger partial charge in [0.15, 0.2) is 16.4 Å². The van der Waals surface area contributed by atoms with Gasteiger partial charge < -0.3 is 14.0 Å². The Balaban J connectivity index is 1.66. The van der Waals surface area contributed by atoms with Crippen molar-refractivity contribution in [3.05, 3.63) is 0 Å². The summed E-state index contributed by atoms with van der Waals surface area (Å²) in [7, 11) is -6.44. The second-order valence-corrected chi connectivity index (χ2v) is 8.32. The number of fused-ring (bicyclic) bond motifs is 2. The molecule has 5 atom stereocenters. The Bertz CT molecular complexity index is 576. The van der Waals surface area contributed by atoms with Crippen molar-refractivity contribution in [2.75, 3.05) is 6.61 Å². The predicted octanol–water partition coefficient (Wildman–Crippen LogP) is 2.72. The summed E-state index contributed by atoms with van der Waals surface area (Å²) >= 11 is 0. The van der Waals surface area contributed by atoms with Crippen LogP contribution in [-0.4, -0.2) is 43.1 Å². The van der Waals surface area contributed by atoms with Gasteiger partial charge in [0, 0.05) is 12.5 Å². The minimum Gasteiger partial charge on any atom is -0.743 e. The van der Waals surface area contributed by atoms with Crippen LogP contribution in [0.3, 0.4) is 0 Å². The second-order valence-electron chi connectivity index (χ2n) is 6.90. The van der Waals surface area contributed by atoms with E-state index in [-0.39, 0.29) is 31.3 Å². The molecule has 0 aromatic carbocycles. The first-order valence-corrected chi connectivity index (χ1v) is 9.43. The van der Waals surface area contributed by atoms with E-state index in [9.17, 15) is 30.5 Å². The molecule has 0 aromatic heterocycles. The van der Waals surface area contributed by atoms with E-state index in [1.165, 1.54) is 0 Å². The summed E-state index contributed by atoms with van der Waals surface area (Å²) in [5.41, 5.74) is 0. The molecule has 2 aliphatic carbocycles. The fourth-order valence-corrected chi connectivity index (χ4v) is 4.71. The fraction of sp³-hybridized carbons (Fsp3) is 1.00. The maximum Gasteiger partial charge on any atom is 0.396 e. The molecule has 3 rings (SSSR count). The van der Waals surface area contributed by atoms with Gasteiger partial charge in [0.05, 0.1) is 6.10 Å². The Morgan fingerprint density at radius 1 is 1.04 bits per heavy atom. The van der Waals surface area contributed by atoms with E-state index >= 15 is 0 Å². The third kappa shape index (κ3) is 2.95. The molecule has 1 heterocycles. The van der Waals surface area contributed by atoms with Gasteiger partial charge in [-0.25, -0.2) is 8.42 Å². The highest BCUT2D eigenvalue weighted by Gasteiger charge is 2.69. The number of hydrogen-bond acceptors (Lipinski definition) is 5. The number of alkyl halides is 4. The van der Waals surface area contributed by atoms with Crippen molar-refractivity contribution in [2.24, 2.45) is 17.8 Å². The van der Waals surface area contributed by atoms with E-state index in [0.717, 1.165) is 12.8 Å². The number of rotatable bonds is 5. The summed E-state index contributed by atoms with van der Waals surface area (Å²) in [5.74, 6) is -7.83. The lowest BCUT2D eigenvalue weighted by atomic mass is 9.82. The molecule has 24 heavy (non-hydrogen) atoms. The minimum absolute atomic E-state index is 0.153. The zero-order valence-corrected chi connectivity index (χ0v) is 13.6. The fourth-order valence-electron chi connectivity index (χ4n) is 4.23. The van der Waals surface area contributed by atoms with E-state index in [2.05, 4.69) is 0 Å². The molecule has 140 valence electrons. The molecular weight excluding hydrogens is 356 g/mol. The Hall–Kier alpha value is -0.450. The molecule has 3 aliphatic rings. The van der Waals surface area contributed by atoms with E-state index in [0.29, 0.717) is 13.0 Å². The molecule has 0 amide bonds. The first kappa shape index (κ1) is 18.3. The summed E-state index contributed by atoms with van der Waals surface area (Å²) in [5, 5.41) is -5.60. The van der Waals surface area contributed by atoms with Crippen molar-refractivity contribution < 1.29 is 40.0 Å². The Morgan fingerprint density at radius 2 is 1.75 bits per heavy atom. The van der Waals surface area contributed by atoms with Gasteiger partial charge in [-0.1, -0.05) is 0 Å². The standard InChI is InChI=1S/C14H20F4O5S/c15-13(16,14(17,18)24(19,20)21)10-6-9-5-8(10)7-11(9)23-12-3-1-2-4-22-12/h8-12H,1-7H2,(H,19,20,21)/p-1. The lowest BCUT2D eigenvalue weighted by Crippen LogP contribution is -2.53. The molecular formula is C14H19F4O5S-. The Morgan fingerprint density at radius 3 is 2.25 bits per heavy atom. The molecule has 5 unspecified atom stereocenters. The zero-order valence-electron chi connectivity index (χ0n) is 12.8. The van der Waals surface area contributed by atoms with Crippen LogP contribution in [0.1, 0.15) is 38.5 Å². The molecule has 0 radical (unpaired) electrons. The monoisotopic (exact) mass is 375 g/mol. The largest absolute Gasteiger partial charge is 0.743 e. The smallest absolute Gasteiger partial charge is 0.396 e. The Kier molecular flexibility index (Phi) is 4.64. The van der Waals surface area contributed by atoms with Crippen molar-refractivity contribution in [3.8, 4) is 0 Å². The third-order valence-corrected chi connectivity index (χ3v) is 6.32. The van der Waals surface area contributed by atoms with Crippen molar-refractivity contribution in [1.29, 1.82) is 0 Å². The highest BCUT2D eigenvalue weighted by atomic mass is 32.2. The van der Waals surface area contributed by atoms with Crippen molar-refractivity contribution in [1.82, 2.24) is 0 Å². The van der Waals surface area contributed by atoms with Gasteiger partial charge in [-0.2, -0.15) is 17.6 Å². The molecule has 0 N–H and O–H groups in total. The maximum atomic E-state index is 14.1. The van der Waals surface area contributed by atoms with Crippen LogP contribution in [0, 0.1) is 17.8 Å². The molecule has 5 nitrogen and oxygen atoms in total. The molecule has 0 aromatic rings. The molecule has 0 spiro atoms. The average Bonchev–Trinajstić information content (AvgIpc) is 3.07. The maximum absolute atomic E-state index is 14.1. The summed E-state index contributed by atoms with van der Waals surface area (Å²) in [6, 6.07) is 0. The summed E-state index contributed by atoms with van der Waals surface area (Å²) in [6.07, 6.45) is 1.99.